The second-order valence-corrected chi connectivity index (χ2v) is 8.61. The maximum absolute atomic E-state index is 13.6. The fourth-order valence-corrected chi connectivity index (χ4v) is 4.76. The van der Waals surface area contributed by atoms with Gasteiger partial charge < -0.3 is 24.0 Å². The van der Waals surface area contributed by atoms with E-state index in [1.165, 1.54) is 0 Å². The molecule has 3 aromatic rings. The van der Waals surface area contributed by atoms with Crippen molar-refractivity contribution >= 4 is 5.91 Å². The number of aromatic hydroxyl groups is 1. The van der Waals surface area contributed by atoms with Crippen LogP contribution in [0, 0.1) is 20.8 Å². The van der Waals surface area contributed by atoms with E-state index in [1.807, 2.05) is 38.1 Å². The lowest BCUT2D eigenvalue weighted by Crippen LogP contribution is -2.23. The fourth-order valence-electron chi connectivity index (χ4n) is 4.76. The maximum Gasteiger partial charge on any atom is 0.256 e. The fraction of sp³-hybridized carbons (Fsp3) is 0.346. The van der Waals surface area contributed by atoms with Crippen LogP contribution in [-0.2, 0) is 13.0 Å². The van der Waals surface area contributed by atoms with Gasteiger partial charge in [0.25, 0.3) is 5.91 Å². The predicted molar refractivity (Wildman–Crippen MR) is 126 cm³/mol. The zero-order valence-corrected chi connectivity index (χ0v) is 19.8. The molecule has 4 rings (SSSR count). The van der Waals surface area contributed by atoms with Gasteiger partial charge in [-0.3, -0.25) is 4.79 Å². The molecular weight excluding hydrogens is 404 g/mol. The normalized spacial score (nSPS) is 12.2. The Morgan fingerprint density at radius 2 is 1.59 bits per heavy atom. The van der Waals surface area contributed by atoms with Crippen LogP contribution >= 0.6 is 0 Å². The molecule has 1 aliphatic heterocycles. The molecule has 0 spiro atoms. The van der Waals surface area contributed by atoms with Gasteiger partial charge in [-0.1, -0.05) is 0 Å². The molecule has 32 heavy (non-hydrogen) atoms. The number of carbonyl (C=O) groups excluding carboxylic acids is 1. The first-order valence-electron chi connectivity index (χ1n) is 10.7. The molecular formula is C26H30N2O4. The number of methoxy groups -OCH3 is 2. The van der Waals surface area contributed by atoms with E-state index in [0.29, 0.717) is 17.1 Å². The number of aryl methyl sites for hydroxylation is 3. The molecule has 2 heterocycles. The van der Waals surface area contributed by atoms with E-state index in [0.717, 1.165) is 57.7 Å². The largest absolute Gasteiger partial charge is 0.507 e. The summed E-state index contributed by atoms with van der Waals surface area (Å²) in [6.07, 6.45) is 0.834. The van der Waals surface area contributed by atoms with Gasteiger partial charge in [-0.2, -0.15) is 0 Å². The number of nitrogens with zero attached hydrogens (tertiary/aromatic N) is 2. The van der Waals surface area contributed by atoms with E-state index in [4.69, 9.17) is 9.47 Å². The molecule has 1 aliphatic rings. The van der Waals surface area contributed by atoms with E-state index in [9.17, 15) is 9.90 Å². The highest BCUT2D eigenvalue weighted by Crippen LogP contribution is 2.46. The Morgan fingerprint density at radius 1 is 1.00 bits per heavy atom. The maximum atomic E-state index is 13.6. The molecule has 6 nitrogen and oxygen atoms in total. The number of rotatable bonds is 4. The Bertz CT molecular complexity index is 1210. The van der Waals surface area contributed by atoms with Crippen molar-refractivity contribution in [2.45, 2.75) is 33.7 Å². The van der Waals surface area contributed by atoms with Crippen LogP contribution in [0.2, 0.25) is 0 Å². The molecule has 1 N–H and O–H groups in total. The molecule has 0 atom stereocenters. The molecule has 0 radical (unpaired) electrons. The summed E-state index contributed by atoms with van der Waals surface area (Å²) in [5, 5.41) is 10.3. The number of hydrogen-bond donors (Lipinski definition) is 1. The van der Waals surface area contributed by atoms with Crippen LogP contribution in [0.1, 0.15) is 32.7 Å². The number of ether oxygens (including phenoxy) is 2. The highest BCUT2D eigenvalue weighted by atomic mass is 16.5. The zero-order chi connectivity index (χ0) is 23.3. The van der Waals surface area contributed by atoms with Crippen LogP contribution in [0.15, 0.2) is 24.3 Å². The standard InChI is InChI=1S/C26H30N2O4/c1-14-10-18(11-15(2)25(14)29)22-16(3)28-9-8-17-12-20(31-6)21(32-7)13-19(17)24(28)23(22)26(30)27(4)5/h10-13,29H,8-9H2,1-7H3. The summed E-state index contributed by atoms with van der Waals surface area (Å²) in [4.78, 5) is 15.2. The molecule has 0 aliphatic carbocycles. The van der Waals surface area contributed by atoms with Gasteiger partial charge in [-0.25, -0.2) is 0 Å². The first-order valence-corrected chi connectivity index (χ1v) is 10.7. The van der Waals surface area contributed by atoms with Crippen LogP contribution in [-0.4, -0.2) is 48.8 Å². The van der Waals surface area contributed by atoms with Crippen molar-refractivity contribution in [2.24, 2.45) is 0 Å². The summed E-state index contributed by atoms with van der Waals surface area (Å²) in [7, 11) is 6.81. The number of aromatic nitrogens is 1. The molecule has 1 amide bonds. The van der Waals surface area contributed by atoms with Gasteiger partial charge in [-0.05, 0) is 73.7 Å². The SMILES string of the molecule is COc1cc2c(cc1OC)-c1c(C(=O)N(C)C)c(-c3cc(C)c(O)c(C)c3)c(C)n1CC2. The van der Waals surface area contributed by atoms with Crippen LogP contribution in [0.3, 0.4) is 0 Å². The third-order valence-corrected chi connectivity index (χ3v) is 6.39. The van der Waals surface area contributed by atoms with Crippen molar-refractivity contribution in [3.05, 3.63) is 52.2 Å². The number of fused-ring (bicyclic) bond motifs is 3. The van der Waals surface area contributed by atoms with Crippen molar-refractivity contribution < 1.29 is 19.4 Å². The summed E-state index contributed by atoms with van der Waals surface area (Å²) in [5.74, 6) is 1.56. The summed E-state index contributed by atoms with van der Waals surface area (Å²) < 4.78 is 13.3. The van der Waals surface area contributed by atoms with Crippen molar-refractivity contribution in [1.29, 1.82) is 0 Å². The van der Waals surface area contributed by atoms with Crippen LogP contribution in [0.25, 0.3) is 22.4 Å². The second-order valence-electron chi connectivity index (χ2n) is 8.61. The third-order valence-electron chi connectivity index (χ3n) is 6.39. The van der Waals surface area contributed by atoms with E-state index in [-0.39, 0.29) is 11.7 Å². The van der Waals surface area contributed by atoms with Gasteiger partial charge >= 0.3 is 0 Å². The van der Waals surface area contributed by atoms with E-state index < -0.39 is 0 Å². The Labute approximate surface area is 189 Å². The summed E-state index contributed by atoms with van der Waals surface area (Å²) in [5.41, 5.74) is 8.15. The molecule has 0 saturated heterocycles. The van der Waals surface area contributed by atoms with Crippen molar-refractivity contribution in [2.75, 3.05) is 28.3 Å². The Hall–Kier alpha value is -3.41. The van der Waals surface area contributed by atoms with Crippen molar-refractivity contribution in [1.82, 2.24) is 9.47 Å². The van der Waals surface area contributed by atoms with Gasteiger partial charge in [0.2, 0.25) is 0 Å². The summed E-state index contributed by atoms with van der Waals surface area (Å²) in [6.45, 7) is 6.61. The smallest absolute Gasteiger partial charge is 0.256 e. The number of phenols is 1. The van der Waals surface area contributed by atoms with Crippen molar-refractivity contribution in [3.63, 3.8) is 0 Å². The van der Waals surface area contributed by atoms with E-state index in [2.05, 4.69) is 11.5 Å². The quantitative estimate of drug-likeness (QED) is 0.645. The first-order chi connectivity index (χ1) is 15.2. The molecule has 0 saturated carbocycles. The average molecular weight is 435 g/mol. The number of hydrogen-bond acceptors (Lipinski definition) is 4. The minimum atomic E-state index is -0.0529. The van der Waals surface area contributed by atoms with Gasteiger partial charge in [-0.15, -0.1) is 0 Å². The monoisotopic (exact) mass is 434 g/mol. The van der Waals surface area contributed by atoms with Gasteiger partial charge in [0.05, 0.1) is 25.5 Å². The van der Waals surface area contributed by atoms with Crippen LogP contribution in [0.4, 0.5) is 0 Å². The van der Waals surface area contributed by atoms with E-state index >= 15 is 0 Å². The molecule has 0 unspecified atom stereocenters. The van der Waals surface area contributed by atoms with Crippen molar-refractivity contribution in [3.8, 4) is 39.6 Å². The molecule has 168 valence electrons. The van der Waals surface area contributed by atoms with Crippen LogP contribution in [0.5, 0.6) is 17.2 Å². The molecule has 0 fully saturated rings. The van der Waals surface area contributed by atoms with Crippen LogP contribution < -0.4 is 9.47 Å². The first kappa shape index (κ1) is 21.8. The lowest BCUT2D eigenvalue weighted by molar-refractivity contribution is 0.0829. The highest BCUT2D eigenvalue weighted by Gasteiger charge is 2.32. The number of carbonyl (C=O) groups is 1. The number of phenolic OH excluding ortho intramolecular Hbond substituents is 1. The molecule has 2 aromatic carbocycles. The van der Waals surface area contributed by atoms with Gasteiger partial charge in [0.15, 0.2) is 11.5 Å². The highest BCUT2D eigenvalue weighted by molar-refractivity contribution is 6.08. The summed E-state index contributed by atoms with van der Waals surface area (Å²) in [6, 6.07) is 7.90. The Balaban J connectivity index is 2.09. The Kier molecular flexibility index (Phi) is 5.41. The summed E-state index contributed by atoms with van der Waals surface area (Å²) >= 11 is 0. The topological polar surface area (TPSA) is 63.9 Å². The lowest BCUT2D eigenvalue weighted by Gasteiger charge is -2.24. The molecule has 1 aromatic heterocycles. The molecule has 6 heteroatoms. The van der Waals surface area contributed by atoms with Gasteiger partial charge in [0.1, 0.15) is 5.75 Å². The average Bonchev–Trinajstić information content (AvgIpc) is 3.07. The predicted octanol–water partition coefficient (Wildman–Crippen LogP) is 4.73. The number of benzene rings is 2. The van der Waals surface area contributed by atoms with E-state index in [1.54, 1.807) is 33.2 Å². The minimum absolute atomic E-state index is 0.0529. The zero-order valence-electron chi connectivity index (χ0n) is 19.8. The Morgan fingerprint density at radius 3 is 2.16 bits per heavy atom. The third kappa shape index (κ3) is 3.22. The molecule has 0 bridgehead atoms. The lowest BCUT2D eigenvalue weighted by atomic mass is 9.92. The van der Waals surface area contributed by atoms with Gasteiger partial charge in [0, 0.05) is 37.5 Å². The minimum Gasteiger partial charge on any atom is -0.507 e. The number of amides is 1. The second kappa shape index (κ2) is 7.93.